The van der Waals surface area contributed by atoms with Crippen LogP contribution in [0.3, 0.4) is 0 Å². The van der Waals surface area contributed by atoms with E-state index in [-0.39, 0.29) is 24.0 Å². The van der Waals surface area contributed by atoms with Crippen molar-refractivity contribution in [1.82, 2.24) is 9.88 Å². The molecule has 1 aliphatic heterocycles. The molecule has 3 heterocycles. The molecule has 1 atom stereocenters. The number of piperidine rings is 1. The van der Waals surface area contributed by atoms with Gasteiger partial charge in [0.2, 0.25) is 5.91 Å². The summed E-state index contributed by atoms with van der Waals surface area (Å²) in [7, 11) is 0. The van der Waals surface area contributed by atoms with Crippen LogP contribution in [0.5, 0.6) is 0 Å². The number of fused-ring (bicyclic) bond motifs is 1. The zero-order valence-electron chi connectivity index (χ0n) is 17.8. The molecule has 2 amide bonds. The Morgan fingerprint density at radius 3 is 2.91 bits per heavy atom. The standard InChI is InChI=1S/C23H28N4O4S/c24-21-18-5-3-16(14-31-23(30)27-10-7-17(28)8-11-27)12-19(18)32-22(21)26-20(29)6-4-15-2-1-9-25-13-15/h1-2,4,6,9,13,16-17,28H,3,5,7-8,10-12,14,24H2,(H,26,29)/b6-4+/t16-/m0/s1. The summed E-state index contributed by atoms with van der Waals surface area (Å²) < 4.78 is 5.54. The summed E-state index contributed by atoms with van der Waals surface area (Å²) in [5.74, 6) is -0.00908. The molecule has 4 rings (SSSR count). The molecule has 9 heteroatoms. The molecule has 0 radical (unpaired) electrons. The van der Waals surface area contributed by atoms with Gasteiger partial charge in [-0.05, 0) is 61.3 Å². The number of aliphatic hydroxyl groups is 1. The normalized spacial score (nSPS) is 19.0. The number of pyridine rings is 1. The number of hydrogen-bond acceptors (Lipinski definition) is 7. The molecule has 0 spiro atoms. The highest BCUT2D eigenvalue weighted by molar-refractivity contribution is 7.17. The maximum Gasteiger partial charge on any atom is 0.409 e. The molecule has 0 aromatic carbocycles. The van der Waals surface area contributed by atoms with Crippen molar-refractivity contribution < 1.29 is 19.4 Å². The highest BCUT2D eigenvalue weighted by Gasteiger charge is 2.27. The second-order valence-corrected chi connectivity index (χ2v) is 9.36. The first-order chi connectivity index (χ1) is 15.5. The van der Waals surface area contributed by atoms with Crippen LogP contribution < -0.4 is 11.1 Å². The van der Waals surface area contributed by atoms with E-state index < -0.39 is 0 Å². The molecule has 170 valence electrons. The fraction of sp³-hybridized carbons (Fsp3) is 0.435. The van der Waals surface area contributed by atoms with E-state index in [4.69, 9.17) is 10.5 Å². The third kappa shape index (κ3) is 5.46. The number of likely N-dealkylation sites (tertiary alicyclic amines) is 1. The van der Waals surface area contributed by atoms with Gasteiger partial charge in [-0.15, -0.1) is 11.3 Å². The van der Waals surface area contributed by atoms with E-state index >= 15 is 0 Å². The van der Waals surface area contributed by atoms with Gasteiger partial charge in [-0.2, -0.15) is 0 Å². The number of ether oxygens (including phenoxy) is 1. The first-order valence-electron chi connectivity index (χ1n) is 10.9. The number of aliphatic hydroxyl groups excluding tert-OH is 1. The maximum absolute atomic E-state index is 12.3. The minimum atomic E-state index is -0.319. The number of nitrogens with one attached hydrogen (secondary N) is 1. The average molecular weight is 457 g/mol. The van der Waals surface area contributed by atoms with Crippen LogP contribution in [-0.2, 0) is 22.4 Å². The minimum Gasteiger partial charge on any atom is -0.449 e. The predicted molar refractivity (Wildman–Crippen MR) is 124 cm³/mol. The number of carbonyl (C=O) groups excluding carboxylic acids is 2. The number of hydrogen-bond donors (Lipinski definition) is 3. The molecule has 1 aliphatic carbocycles. The van der Waals surface area contributed by atoms with Crippen LogP contribution in [0.25, 0.3) is 6.08 Å². The molecule has 8 nitrogen and oxygen atoms in total. The minimum absolute atomic E-state index is 0.230. The first-order valence-corrected chi connectivity index (χ1v) is 11.7. The number of carbonyl (C=O) groups is 2. The quantitative estimate of drug-likeness (QED) is 0.595. The number of nitrogens with two attached hydrogens (primary N) is 1. The second kappa shape index (κ2) is 10.1. The van der Waals surface area contributed by atoms with E-state index in [9.17, 15) is 14.7 Å². The van der Waals surface area contributed by atoms with E-state index in [1.807, 2.05) is 12.1 Å². The van der Waals surface area contributed by atoms with Crippen molar-refractivity contribution in [2.24, 2.45) is 5.92 Å². The fourth-order valence-corrected chi connectivity index (χ4v) is 5.33. The highest BCUT2D eigenvalue weighted by Crippen LogP contribution is 2.41. The van der Waals surface area contributed by atoms with Gasteiger partial charge in [-0.1, -0.05) is 6.07 Å². The molecule has 0 unspecified atom stereocenters. The third-order valence-corrected chi connectivity index (χ3v) is 7.11. The summed E-state index contributed by atoms with van der Waals surface area (Å²) in [5.41, 5.74) is 8.88. The Kier molecular flexibility index (Phi) is 7.06. The van der Waals surface area contributed by atoms with Crippen LogP contribution in [0.1, 0.15) is 35.3 Å². The molecule has 0 bridgehead atoms. The van der Waals surface area contributed by atoms with Crippen LogP contribution in [0.2, 0.25) is 0 Å². The van der Waals surface area contributed by atoms with Gasteiger partial charge in [-0.25, -0.2) is 4.79 Å². The second-order valence-electron chi connectivity index (χ2n) is 8.26. The molecule has 2 aromatic rings. The predicted octanol–water partition coefficient (Wildman–Crippen LogP) is 3.08. The lowest BCUT2D eigenvalue weighted by Crippen LogP contribution is -2.41. The smallest absolute Gasteiger partial charge is 0.409 e. The number of aromatic nitrogens is 1. The number of nitrogen functional groups attached to an aromatic ring is 1. The van der Waals surface area contributed by atoms with E-state index in [1.54, 1.807) is 23.4 Å². The Morgan fingerprint density at radius 2 is 2.16 bits per heavy atom. The monoisotopic (exact) mass is 456 g/mol. The van der Waals surface area contributed by atoms with Crippen molar-refractivity contribution in [3.63, 3.8) is 0 Å². The van der Waals surface area contributed by atoms with Gasteiger partial charge in [0.05, 0.1) is 18.4 Å². The maximum atomic E-state index is 12.3. The number of rotatable bonds is 5. The lowest BCUT2D eigenvalue weighted by atomic mass is 9.89. The van der Waals surface area contributed by atoms with Crippen molar-refractivity contribution in [1.29, 1.82) is 0 Å². The molecule has 2 aromatic heterocycles. The van der Waals surface area contributed by atoms with Crippen molar-refractivity contribution in [3.05, 3.63) is 46.6 Å². The average Bonchev–Trinajstić information content (AvgIpc) is 3.11. The highest BCUT2D eigenvalue weighted by atomic mass is 32.1. The van der Waals surface area contributed by atoms with Crippen LogP contribution in [0.4, 0.5) is 15.5 Å². The summed E-state index contributed by atoms with van der Waals surface area (Å²) in [6.07, 6.45) is 9.58. The molecule has 1 fully saturated rings. The Bertz CT molecular complexity index is 983. The van der Waals surface area contributed by atoms with Crippen molar-refractivity contribution in [3.8, 4) is 0 Å². The zero-order chi connectivity index (χ0) is 22.5. The van der Waals surface area contributed by atoms with Gasteiger partial charge in [-0.3, -0.25) is 9.78 Å². The lowest BCUT2D eigenvalue weighted by molar-refractivity contribution is -0.111. The van der Waals surface area contributed by atoms with Gasteiger partial charge in [0.25, 0.3) is 0 Å². The summed E-state index contributed by atoms with van der Waals surface area (Å²) in [4.78, 5) is 31.4. The molecule has 32 heavy (non-hydrogen) atoms. The number of anilines is 2. The third-order valence-electron chi connectivity index (χ3n) is 5.92. The molecular formula is C23H28N4O4S. The Morgan fingerprint density at radius 1 is 1.34 bits per heavy atom. The van der Waals surface area contributed by atoms with Gasteiger partial charge in [0.1, 0.15) is 5.00 Å². The first kappa shape index (κ1) is 22.3. The van der Waals surface area contributed by atoms with Crippen LogP contribution in [0, 0.1) is 5.92 Å². The number of thiophene rings is 1. The molecule has 0 saturated carbocycles. The van der Waals surface area contributed by atoms with Gasteiger partial charge < -0.3 is 25.8 Å². The Balaban J connectivity index is 1.30. The molecular weight excluding hydrogens is 428 g/mol. The van der Waals surface area contributed by atoms with Gasteiger partial charge in [0.15, 0.2) is 0 Å². The van der Waals surface area contributed by atoms with E-state index in [0.29, 0.717) is 43.2 Å². The zero-order valence-corrected chi connectivity index (χ0v) is 18.6. The van der Waals surface area contributed by atoms with Crippen molar-refractivity contribution in [2.45, 2.75) is 38.2 Å². The number of amides is 2. The van der Waals surface area contributed by atoms with Gasteiger partial charge >= 0.3 is 6.09 Å². The van der Waals surface area contributed by atoms with E-state index in [2.05, 4.69) is 10.3 Å². The summed E-state index contributed by atoms with van der Waals surface area (Å²) in [5, 5.41) is 13.1. The lowest BCUT2D eigenvalue weighted by Gasteiger charge is -2.30. The molecule has 2 aliphatic rings. The fourth-order valence-electron chi connectivity index (χ4n) is 4.04. The topological polar surface area (TPSA) is 118 Å². The van der Waals surface area contributed by atoms with Crippen molar-refractivity contribution in [2.75, 3.05) is 30.7 Å². The summed E-state index contributed by atoms with van der Waals surface area (Å²) >= 11 is 1.50. The summed E-state index contributed by atoms with van der Waals surface area (Å²) in [6.45, 7) is 1.44. The molecule has 1 saturated heterocycles. The Hall–Kier alpha value is -2.91. The summed E-state index contributed by atoms with van der Waals surface area (Å²) in [6, 6.07) is 3.68. The number of nitrogens with zero attached hydrogens (tertiary/aromatic N) is 2. The Labute approximate surface area is 191 Å². The van der Waals surface area contributed by atoms with E-state index in [1.165, 1.54) is 17.4 Å². The molecule has 4 N–H and O–H groups in total. The van der Waals surface area contributed by atoms with Crippen LogP contribution >= 0.6 is 11.3 Å². The van der Waals surface area contributed by atoms with E-state index in [0.717, 1.165) is 35.3 Å². The largest absolute Gasteiger partial charge is 0.449 e. The van der Waals surface area contributed by atoms with Crippen molar-refractivity contribution >= 4 is 40.1 Å². The van der Waals surface area contributed by atoms with Crippen LogP contribution in [-0.4, -0.2) is 52.8 Å². The van der Waals surface area contributed by atoms with Crippen LogP contribution in [0.15, 0.2) is 30.6 Å². The SMILES string of the molecule is Nc1c(NC(=O)/C=C/c2cccnc2)sc2c1CC[C@H](COC(=O)N1CCC(O)CC1)C2. The van der Waals surface area contributed by atoms with Gasteiger partial charge in [0, 0.05) is 36.4 Å².